The standard InChI is InChI=1S/C22H20F6N2O4S/c1-19(2,3)35(33,34)12-20(32,14-5-7-15(8-6-14)21(23,24)25)18(31)30-16-9-4-13(11-29)17(10-16)22(26,27)28/h4-10,32H,12H2,1-3H3,(H,30,31). The molecule has 0 aliphatic heterocycles. The van der Waals surface area contributed by atoms with Gasteiger partial charge in [-0.2, -0.15) is 31.6 Å². The number of anilines is 1. The van der Waals surface area contributed by atoms with Gasteiger partial charge in [0.25, 0.3) is 5.91 Å². The van der Waals surface area contributed by atoms with Crippen LogP contribution in [0.2, 0.25) is 0 Å². The molecule has 2 rings (SSSR count). The summed E-state index contributed by atoms with van der Waals surface area (Å²) in [4.78, 5) is 13.0. The number of carbonyl (C=O) groups excluding carboxylic acids is 1. The molecule has 1 amide bonds. The lowest BCUT2D eigenvalue weighted by molar-refractivity contribution is -0.138. The number of nitriles is 1. The molecule has 6 nitrogen and oxygen atoms in total. The topological polar surface area (TPSA) is 107 Å². The van der Waals surface area contributed by atoms with Crippen LogP contribution in [0.3, 0.4) is 0 Å². The Morgan fingerprint density at radius 3 is 1.89 bits per heavy atom. The van der Waals surface area contributed by atoms with Crippen molar-refractivity contribution in [2.45, 2.75) is 43.5 Å². The van der Waals surface area contributed by atoms with Crippen LogP contribution in [0.4, 0.5) is 32.0 Å². The first kappa shape index (κ1) is 28.1. The predicted octanol–water partition coefficient (Wildman–Crippen LogP) is 4.64. The Morgan fingerprint density at radius 2 is 1.46 bits per heavy atom. The van der Waals surface area contributed by atoms with Gasteiger partial charge in [-0.05, 0) is 56.7 Å². The minimum atomic E-state index is -4.97. The van der Waals surface area contributed by atoms with Crippen LogP contribution in [0.15, 0.2) is 42.5 Å². The molecule has 0 fully saturated rings. The van der Waals surface area contributed by atoms with Gasteiger partial charge in [-0.1, -0.05) is 12.1 Å². The van der Waals surface area contributed by atoms with Crippen molar-refractivity contribution < 1.29 is 44.7 Å². The van der Waals surface area contributed by atoms with Crippen LogP contribution in [0.25, 0.3) is 0 Å². The van der Waals surface area contributed by atoms with Crippen LogP contribution >= 0.6 is 0 Å². The maximum absolute atomic E-state index is 13.3. The van der Waals surface area contributed by atoms with E-state index in [4.69, 9.17) is 5.26 Å². The van der Waals surface area contributed by atoms with Crippen molar-refractivity contribution >= 4 is 21.4 Å². The summed E-state index contributed by atoms with van der Waals surface area (Å²) < 4.78 is 103. The van der Waals surface area contributed by atoms with Crippen LogP contribution in [0.1, 0.15) is 43.0 Å². The molecule has 0 aliphatic rings. The SMILES string of the molecule is CC(C)(C)S(=O)(=O)CC(O)(C(=O)Nc1ccc(C#N)c(C(F)(F)F)c1)c1ccc(C(F)(F)F)cc1. The number of nitrogens with one attached hydrogen (secondary N) is 1. The second-order valence-corrected chi connectivity index (χ2v) is 11.4. The van der Waals surface area contributed by atoms with Gasteiger partial charge in [0.15, 0.2) is 15.4 Å². The zero-order valence-electron chi connectivity index (χ0n) is 18.5. The van der Waals surface area contributed by atoms with E-state index in [1.807, 2.05) is 5.32 Å². The second kappa shape index (κ2) is 9.16. The molecular weight excluding hydrogens is 502 g/mol. The van der Waals surface area contributed by atoms with Crippen LogP contribution in [0.5, 0.6) is 0 Å². The highest BCUT2D eigenvalue weighted by Crippen LogP contribution is 2.36. The minimum absolute atomic E-state index is 0.419. The number of nitrogens with zero attached hydrogens (tertiary/aromatic N) is 1. The molecule has 2 N–H and O–H groups in total. The summed E-state index contributed by atoms with van der Waals surface area (Å²) in [5.74, 6) is -2.77. The number of amides is 1. The van der Waals surface area contributed by atoms with Gasteiger partial charge in [0.05, 0.1) is 33.3 Å². The highest BCUT2D eigenvalue weighted by atomic mass is 32.2. The lowest BCUT2D eigenvalue weighted by Gasteiger charge is -2.31. The quantitative estimate of drug-likeness (QED) is 0.557. The molecule has 0 aliphatic carbocycles. The van der Waals surface area contributed by atoms with Crippen molar-refractivity contribution in [3.8, 4) is 6.07 Å². The summed E-state index contributed by atoms with van der Waals surface area (Å²) in [6.45, 7) is 3.80. The Bertz CT molecular complexity index is 1260. The number of aliphatic hydroxyl groups is 1. The van der Waals surface area contributed by atoms with Gasteiger partial charge in [0, 0.05) is 5.69 Å². The van der Waals surface area contributed by atoms with E-state index in [1.165, 1.54) is 26.8 Å². The molecular formula is C22H20F6N2O4S. The molecule has 190 valence electrons. The van der Waals surface area contributed by atoms with Crippen molar-refractivity contribution in [3.05, 3.63) is 64.7 Å². The van der Waals surface area contributed by atoms with E-state index in [9.17, 15) is 44.7 Å². The van der Waals surface area contributed by atoms with Gasteiger partial charge in [0.2, 0.25) is 0 Å². The molecule has 0 saturated heterocycles. The van der Waals surface area contributed by atoms with Crippen molar-refractivity contribution in [1.29, 1.82) is 5.26 Å². The van der Waals surface area contributed by atoms with Crippen molar-refractivity contribution in [2.24, 2.45) is 0 Å². The highest BCUT2D eigenvalue weighted by Gasteiger charge is 2.46. The smallest absolute Gasteiger partial charge is 0.374 e. The molecule has 0 heterocycles. The van der Waals surface area contributed by atoms with Crippen LogP contribution in [-0.4, -0.2) is 29.9 Å². The molecule has 2 aromatic carbocycles. The number of hydrogen-bond donors (Lipinski definition) is 2. The number of sulfone groups is 1. The Hall–Kier alpha value is -3.11. The minimum Gasteiger partial charge on any atom is -0.374 e. The number of alkyl halides is 6. The summed E-state index contributed by atoms with van der Waals surface area (Å²) in [7, 11) is -4.28. The van der Waals surface area contributed by atoms with Crippen molar-refractivity contribution in [2.75, 3.05) is 11.1 Å². The van der Waals surface area contributed by atoms with E-state index >= 15 is 0 Å². The first-order chi connectivity index (χ1) is 15.7. The summed E-state index contributed by atoms with van der Waals surface area (Å²) >= 11 is 0. The summed E-state index contributed by atoms with van der Waals surface area (Å²) in [6.07, 6.45) is -9.72. The van der Waals surface area contributed by atoms with Crippen LogP contribution in [0, 0.1) is 11.3 Å². The fraction of sp³-hybridized carbons (Fsp3) is 0.364. The normalized spacial score (nSPS) is 14.7. The summed E-state index contributed by atoms with van der Waals surface area (Å²) in [5, 5.41) is 22.1. The Balaban J connectivity index is 2.59. The fourth-order valence-electron chi connectivity index (χ4n) is 2.89. The highest BCUT2D eigenvalue weighted by molar-refractivity contribution is 7.92. The number of halogens is 6. The molecule has 1 unspecified atom stereocenters. The van der Waals surface area contributed by atoms with E-state index in [-0.39, 0.29) is 0 Å². The predicted molar refractivity (Wildman–Crippen MR) is 114 cm³/mol. The molecule has 0 radical (unpaired) electrons. The average Bonchev–Trinajstić information content (AvgIpc) is 2.71. The monoisotopic (exact) mass is 522 g/mol. The van der Waals surface area contributed by atoms with Crippen LogP contribution in [-0.2, 0) is 32.6 Å². The first-order valence-electron chi connectivity index (χ1n) is 9.77. The maximum atomic E-state index is 13.3. The van der Waals surface area contributed by atoms with Crippen molar-refractivity contribution in [1.82, 2.24) is 0 Å². The van der Waals surface area contributed by atoms with Gasteiger partial charge in [-0.3, -0.25) is 4.79 Å². The zero-order chi connectivity index (χ0) is 27.0. The third kappa shape index (κ3) is 6.12. The Labute approximate surface area is 197 Å². The number of benzene rings is 2. The molecule has 35 heavy (non-hydrogen) atoms. The Morgan fingerprint density at radius 1 is 0.943 bits per heavy atom. The van der Waals surface area contributed by atoms with E-state index in [1.54, 1.807) is 0 Å². The maximum Gasteiger partial charge on any atom is 0.417 e. The van der Waals surface area contributed by atoms with Crippen molar-refractivity contribution in [3.63, 3.8) is 0 Å². The molecule has 0 saturated carbocycles. The van der Waals surface area contributed by atoms with Crippen LogP contribution < -0.4 is 5.32 Å². The number of rotatable bonds is 5. The van der Waals surface area contributed by atoms with Gasteiger partial charge < -0.3 is 10.4 Å². The summed E-state index contributed by atoms with van der Waals surface area (Å²) in [5.41, 5.74) is -7.30. The van der Waals surface area contributed by atoms with E-state index in [0.717, 1.165) is 12.1 Å². The lowest BCUT2D eigenvalue weighted by Crippen LogP contribution is -2.49. The molecule has 0 spiro atoms. The average molecular weight is 522 g/mol. The largest absolute Gasteiger partial charge is 0.417 e. The number of hydrogen-bond acceptors (Lipinski definition) is 5. The van der Waals surface area contributed by atoms with E-state index < -0.39 is 72.1 Å². The second-order valence-electron chi connectivity index (χ2n) is 8.63. The van der Waals surface area contributed by atoms with Gasteiger partial charge in [0.1, 0.15) is 0 Å². The molecule has 0 aromatic heterocycles. The third-order valence-electron chi connectivity index (χ3n) is 5.10. The first-order valence-corrected chi connectivity index (χ1v) is 11.4. The number of carbonyl (C=O) groups is 1. The molecule has 1 atom stereocenters. The van der Waals surface area contributed by atoms with E-state index in [0.29, 0.717) is 30.3 Å². The lowest BCUT2D eigenvalue weighted by atomic mass is 9.93. The zero-order valence-corrected chi connectivity index (χ0v) is 19.4. The molecule has 0 bridgehead atoms. The molecule has 2 aromatic rings. The van der Waals surface area contributed by atoms with Gasteiger partial charge in [-0.25, -0.2) is 8.42 Å². The summed E-state index contributed by atoms with van der Waals surface area (Å²) in [6, 6.07) is 5.94. The fourth-order valence-corrected chi connectivity index (χ4v) is 4.18. The third-order valence-corrected chi connectivity index (χ3v) is 7.76. The molecule has 13 heteroatoms. The van der Waals surface area contributed by atoms with Gasteiger partial charge in [-0.15, -0.1) is 0 Å². The Kier molecular flexibility index (Phi) is 7.36. The van der Waals surface area contributed by atoms with E-state index in [2.05, 4.69) is 0 Å². The van der Waals surface area contributed by atoms with Gasteiger partial charge >= 0.3 is 12.4 Å².